The zero-order valence-corrected chi connectivity index (χ0v) is 81.7. The maximum atomic E-state index is 5.37. The molecule has 0 radical (unpaired) electrons. The fourth-order valence-electron chi connectivity index (χ4n) is 23.0. The van der Waals surface area contributed by atoms with Crippen LogP contribution in [0.3, 0.4) is 0 Å². The molecule has 150 heavy (non-hydrogen) atoms. The fraction of sp³-hybridized carbons (Fsp3) is 0. The van der Waals surface area contributed by atoms with Gasteiger partial charge in [0.2, 0.25) is 0 Å². The number of para-hydroxylation sites is 10. The Labute approximate surface area is 866 Å². The van der Waals surface area contributed by atoms with E-state index in [2.05, 4.69) is 592 Å². The highest BCUT2D eigenvalue weighted by Gasteiger charge is 2.27. The van der Waals surface area contributed by atoms with Crippen LogP contribution in [0.1, 0.15) is 0 Å². The molecule has 0 amide bonds. The predicted octanol–water partition coefficient (Wildman–Crippen LogP) is 36.8. The fourth-order valence-corrected chi connectivity index (χ4v) is 23.0. The molecule has 0 atom stereocenters. The minimum atomic E-state index is 0.894. The van der Waals surface area contributed by atoms with Gasteiger partial charge in [-0.15, -0.1) is 0 Å². The van der Waals surface area contributed by atoms with Crippen LogP contribution in [0.5, 0.6) is 0 Å². The van der Waals surface area contributed by atoms with E-state index in [1.54, 1.807) is 0 Å². The van der Waals surface area contributed by atoms with Crippen molar-refractivity contribution in [2.75, 3.05) is 0 Å². The molecule has 9 aromatic heterocycles. The lowest BCUT2D eigenvalue weighted by atomic mass is 9.97. The van der Waals surface area contributed by atoms with Gasteiger partial charge in [-0.2, -0.15) is 0 Å². The minimum absolute atomic E-state index is 0.894. The summed E-state index contributed by atoms with van der Waals surface area (Å²) in [5.41, 5.74) is 37.6. The highest BCUT2D eigenvalue weighted by molar-refractivity contribution is 6.22. The molecule has 0 unspecified atom stereocenters. The molecule has 0 fully saturated rings. The van der Waals surface area contributed by atoms with E-state index in [4.69, 9.17) is 15.0 Å². The molecule has 0 bridgehead atoms. The third kappa shape index (κ3) is 15.3. The Morgan fingerprint density at radius 1 is 0.120 bits per heavy atom. The molecule has 9 heteroatoms. The Bertz CT molecular complexity index is 10100. The Morgan fingerprint density at radius 2 is 0.360 bits per heavy atom. The lowest BCUT2D eigenvalue weighted by molar-refractivity contribution is 1.08. The largest absolute Gasteiger partial charge is 0.309 e. The van der Waals surface area contributed by atoms with E-state index in [1.807, 2.05) is 0 Å². The van der Waals surface area contributed by atoms with Crippen molar-refractivity contribution in [1.82, 2.24) is 42.4 Å². The Hall–Kier alpha value is -20.1. The van der Waals surface area contributed by atoms with Gasteiger partial charge in [-0.3, -0.25) is 13.7 Å². The summed E-state index contributed by atoms with van der Waals surface area (Å²) in [6, 6.07) is 202. The summed E-state index contributed by atoms with van der Waals surface area (Å²) in [6.07, 6.45) is 0. The Morgan fingerprint density at radius 3 is 0.740 bits per heavy atom. The van der Waals surface area contributed by atoms with E-state index in [0.29, 0.717) is 0 Å². The average Bonchev–Trinajstić information content (AvgIpc) is 1.58. The number of hydrogen-bond acceptors (Lipinski definition) is 3. The molecule has 702 valence electrons. The number of rotatable bonds is 15. The number of benzene rings is 21. The van der Waals surface area contributed by atoms with Crippen LogP contribution in [0.4, 0.5) is 0 Å². The maximum Gasteiger partial charge on any atom is 0.138 e. The van der Waals surface area contributed by atoms with Gasteiger partial charge in [-0.05, 0) is 201 Å². The van der Waals surface area contributed by atoms with Gasteiger partial charge in [-0.1, -0.05) is 425 Å². The molecule has 30 aromatic rings. The SMILES string of the molecule is c1ccc(-c2cc(-c3ccccc3)nc(-n3c4ccccc4c4c(-c5ccc6c7ccccc7n(-c7ccccc7)c6c5)cccc43)c2)cc1.c1ccc(-c2cc(-c3ccccc3)nc(-n3c4ccccc4c4c(-c5cccc6c7ccccc7n(-c7ccccc7)c56)cccc43)c2)cc1.c1ccc(-c2cc(-c3ccccc3)nc(-n3c4ccccc4c4ccc(-c5ccc6c7ccccc7n(-c7ccccc7)c6c5)cc43)c2)cc1. The van der Waals surface area contributed by atoms with Crippen LogP contribution in [0.25, 0.3) is 266 Å². The molecule has 0 spiro atoms. The van der Waals surface area contributed by atoms with Crippen molar-refractivity contribution >= 4 is 131 Å². The lowest BCUT2D eigenvalue weighted by Gasteiger charge is -2.14. The van der Waals surface area contributed by atoms with Gasteiger partial charge in [0.05, 0.1) is 83.3 Å². The summed E-state index contributed by atoms with van der Waals surface area (Å²) in [5, 5.41) is 14.8. The summed E-state index contributed by atoms with van der Waals surface area (Å²) in [6.45, 7) is 0. The maximum absolute atomic E-state index is 5.37. The minimum Gasteiger partial charge on any atom is -0.309 e. The highest BCUT2D eigenvalue weighted by Crippen LogP contribution is 2.49. The van der Waals surface area contributed by atoms with Crippen molar-refractivity contribution in [3.05, 3.63) is 564 Å². The van der Waals surface area contributed by atoms with E-state index in [-0.39, 0.29) is 0 Å². The normalized spacial score (nSPS) is 11.6. The number of aromatic nitrogens is 9. The van der Waals surface area contributed by atoms with Crippen LogP contribution in [0, 0.1) is 0 Å². The molecule has 21 aromatic carbocycles. The molecular formula is C141H93N9. The molecule has 0 aliphatic heterocycles. The van der Waals surface area contributed by atoms with Crippen LogP contribution >= 0.6 is 0 Å². The summed E-state index contributed by atoms with van der Waals surface area (Å²) in [4.78, 5) is 16.1. The van der Waals surface area contributed by atoms with Gasteiger partial charge in [0.1, 0.15) is 17.5 Å². The van der Waals surface area contributed by atoms with Crippen LogP contribution in [0.2, 0.25) is 0 Å². The predicted molar refractivity (Wildman–Crippen MR) is 628 cm³/mol. The first-order valence-electron chi connectivity index (χ1n) is 51.2. The summed E-state index contributed by atoms with van der Waals surface area (Å²) in [5.74, 6) is 2.69. The van der Waals surface area contributed by atoms with Crippen LogP contribution < -0.4 is 0 Å². The Kier molecular flexibility index (Phi) is 21.8. The second kappa shape index (κ2) is 37.2. The van der Waals surface area contributed by atoms with Crippen molar-refractivity contribution in [2.24, 2.45) is 0 Å². The Balaban J connectivity index is 0.000000108. The monoisotopic (exact) mass is 1910 g/mol. The van der Waals surface area contributed by atoms with Crippen molar-refractivity contribution < 1.29 is 0 Å². The number of pyridine rings is 3. The van der Waals surface area contributed by atoms with E-state index in [9.17, 15) is 0 Å². The quantitative estimate of drug-likeness (QED) is 0.103. The molecule has 0 aliphatic rings. The van der Waals surface area contributed by atoms with Gasteiger partial charge in [-0.25, -0.2) is 15.0 Å². The molecule has 9 nitrogen and oxygen atoms in total. The lowest BCUT2D eigenvalue weighted by Crippen LogP contribution is -2.00. The number of nitrogens with zero attached hydrogens (tertiary/aromatic N) is 9. The zero-order valence-electron chi connectivity index (χ0n) is 81.7. The second-order valence-corrected chi connectivity index (χ2v) is 38.4. The second-order valence-electron chi connectivity index (χ2n) is 38.4. The van der Waals surface area contributed by atoms with Crippen molar-refractivity contribution in [3.8, 4) is 135 Å². The molecular weight excluding hydrogens is 1820 g/mol. The van der Waals surface area contributed by atoms with Gasteiger partial charge < -0.3 is 13.7 Å². The van der Waals surface area contributed by atoms with E-state index < -0.39 is 0 Å². The molecule has 0 aliphatic carbocycles. The first-order chi connectivity index (χ1) is 74.4. The molecule has 9 heterocycles. The van der Waals surface area contributed by atoms with Gasteiger partial charge in [0, 0.05) is 104 Å². The third-order valence-corrected chi connectivity index (χ3v) is 29.7. The highest BCUT2D eigenvalue weighted by atomic mass is 15.1. The topological polar surface area (TPSA) is 68.2 Å². The molecule has 30 rings (SSSR count). The first kappa shape index (κ1) is 87.6. The summed E-state index contributed by atoms with van der Waals surface area (Å²) in [7, 11) is 0. The van der Waals surface area contributed by atoms with E-state index in [0.717, 1.165) is 140 Å². The third-order valence-electron chi connectivity index (χ3n) is 29.7. The van der Waals surface area contributed by atoms with Crippen LogP contribution in [-0.4, -0.2) is 42.4 Å². The van der Waals surface area contributed by atoms with Gasteiger partial charge in [0.25, 0.3) is 0 Å². The summed E-state index contributed by atoms with van der Waals surface area (Å²) < 4.78 is 14.2. The standard InChI is InChI=1S/3C47H31N3/c1-4-16-32(17-5-1)34-30-41(33-18-6-2-7-19-33)48-45(31-34)50-43-28-13-11-23-40(43)46-37(24-15-29-44(46)50)39-26-14-25-38-36-22-10-12-27-42(36)49(47(38)39)35-20-8-3-9-21-35;1-4-15-32(16-5-1)35-29-41(33-17-6-2-7-18-33)48-46(31-35)50-43-25-13-11-22-40(43)47-37(23-14-26-44(47)50)34-27-28-39-38-21-10-12-24-42(38)49(45(39)30-34)36-19-8-3-9-20-36;1-4-14-32(15-5-1)36-28-42(33-16-6-2-7-17-33)48-47(31-36)50-44-23-13-11-21-39(44)41-27-25-35(30-46(41)50)34-24-26-40-38-20-10-12-22-43(38)49(45(40)29-34)37-18-8-3-9-19-37/h3*1-31H. The average molecular weight is 1910 g/mol. The van der Waals surface area contributed by atoms with Crippen molar-refractivity contribution in [2.45, 2.75) is 0 Å². The van der Waals surface area contributed by atoms with E-state index >= 15 is 0 Å². The zero-order chi connectivity index (χ0) is 99.1. The van der Waals surface area contributed by atoms with Crippen molar-refractivity contribution in [3.63, 3.8) is 0 Å². The van der Waals surface area contributed by atoms with Crippen LogP contribution in [-0.2, 0) is 0 Å². The molecule has 0 saturated carbocycles. The smallest absolute Gasteiger partial charge is 0.138 e. The van der Waals surface area contributed by atoms with Crippen LogP contribution in [0.15, 0.2) is 564 Å². The van der Waals surface area contributed by atoms with Crippen molar-refractivity contribution in [1.29, 1.82) is 0 Å². The van der Waals surface area contributed by atoms with E-state index in [1.165, 1.54) is 126 Å². The first-order valence-corrected chi connectivity index (χ1v) is 51.2. The number of fused-ring (bicyclic) bond motifs is 18. The summed E-state index contributed by atoms with van der Waals surface area (Å²) >= 11 is 0. The van der Waals surface area contributed by atoms with Gasteiger partial charge in [0.15, 0.2) is 0 Å². The molecule has 0 saturated heterocycles. The molecule has 0 N–H and O–H groups in total. The number of hydrogen-bond donors (Lipinski definition) is 0. The van der Waals surface area contributed by atoms with Gasteiger partial charge >= 0.3 is 0 Å².